The molecule has 0 bridgehead atoms. The molecule has 3 nitrogen and oxygen atoms in total. The average molecular weight is 262 g/mol. The van der Waals surface area contributed by atoms with Crippen molar-refractivity contribution >= 4 is 11.6 Å². The van der Waals surface area contributed by atoms with E-state index in [1.54, 1.807) is 0 Å². The molecular weight excluding hydrogens is 236 g/mol. The third kappa shape index (κ3) is 4.27. The van der Waals surface area contributed by atoms with Crippen molar-refractivity contribution in [3.63, 3.8) is 0 Å². The van der Waals surface area contributed by atoms with Crippen LogP contribution in [0.2, 0.25) is 0 Å². The van der Waals surface area contributed by atoms with E-state index in [1.807, 2.05) is 36.2 Å². The predicted molar refractivity (Wildman–Crippen MR) is 81.7 cm³/mol. The van der Waals surface area contributed by atoms with E-state index in [0.717, 1.165) is 24.1 Å². The first kappa shape index (κ1) is 15.5. The summed E-state index contributed by atoms with van der Waals surface area (Å²) in [6, 6.07) is 8.30. The Morgan fingerprint density at radius 2 is 1.89 bits per heavy atom. The van der Waals surface area contributed by atoms with Crippen LogP contribution in [0.4, 0.5) is 5.69 Å². The Hall–Kier alpha value is -1.51. The molecule has 0 heterocycles. The minimum Gasteiger partial charge on any atom is -0.382 e. The first-order valence-electron chi connectivity index (χ1n) is 7.10. The van der Waals surface area contributed by atoms with Crippen LogP contribution in [0.3, 0.4) is 0 Å². The van der Waals surface area contributed by atoms with Crippen LogP contribution in [0.5, 0.6) is 0 Å². The molecule has 0 spiro atoms. The molecule has 0 aromatic heterocycles. The topological polar surface area (TPSA) is 32.3 Å². The second kappa shape index (κ2) is 7.17. The molecule has 0 aliphatic rings. The fourth-order valence-electron chi connectivity index (χ4n) is 2.11. The normalized spacial score (nSPS) is 12.3. The van der Waals surface area contributed by atoms with Gasteiger partial charge in [0.2, 0.25) is 0 Å². The number of carbonyl (C=O) groups is 1. The van der Waals surface area contributed by atoms with Crippen molar-refractivity contribution in [2.75, 3.05) is 12.4 Å². The summed E-state index contributed by atoms with van der Waals surface area (Å²) in [4.78, 5) is 14.4. The molecule has 0 aliphatic carbocycles. The minimum atomic E-state index is 0.0877. The number of nitrogens with one attached hydrogen (secondary N) is 1. The van der Waals surface area contributed by atoms with Gasteiger partial charge in [-0.15, -0.1) is 0 Å². The maximum atomic E-state index is 12.5. The van der Waals surface area contributed by atoms with E-state index in [0.29, 0.717) is 6.04 Å². The summed E-state index contributed by atoms with van der Waals surface area (Å²) in [7, 11) is 1.88. The number of anilines is 1. The van der Waals surface area contributed by atoms with Gasteiger partial charge in [0, 0.05) is 24.8 Å². The van der Waals surface area contributed by atoms with Gasteiger partial charge in [0.15, 0.2) is 0 Å². The summed E-state index contributed by atoms with van der Waals surface area (Å²) in [5.41, 5.74) is 1.67. The number of para-hydroxylation sites is 1. The Labute approximate surface area is 117 Å². The van der Waals surface area contributed by atoms with E-state index in [1.165, 1.54) is 0 Å². The number of nitrogens with zero attached hydrogens (tertiary/aromatic N) is 1. The summed E-state index contributed by atoms with van der Waals surface area (Å²) in [5.74, 6) is 0.0877. The SMILES string of the molecule is CCCC(C)N(C)C(=O)c1ccccc1NC(C)C. The summed E-state index contributed by atoms with van der Waals surface area (Å²) in [5, 5.41) is 3.33. The highest BCUT2D eigenvalue weighted by Gasteiger charge is 2.19. The molecule has 0 fully saturated rings. The Balaban J connectivity index is 2.92. The molecule has 0 radical (unpaired) electrons. The van der Waals surface area contributed by atoms with E-state index >= 15 is 0 Å². The number of hydrogen-bond acceptors (Lipinski definition) is 2. The molecular formula is C16H26N2O. The maximum Gasteiger partial charge on any atom is 0.255 e. The van der Waals surface area contributed by atoms with Crippen molar-refractivity contribution in [1.29, 1.82) is 0 Å². The minimum absolute atomic E-state index is 0.0877. The molecule has 0 saturated heterocycles. The highest BCUT2D eigenvalue weighted by Crippen LogP contribution is 2.19. The number of amides is 1. The van der Waals surface area contributed by atoms with Gasteiger partial charge in [-0.3, -0.25) is 4.79 Å². The van der Waals surface area contributed by atoms with Gasteiger partial charge in [-0.2, -0.15) is 0 Å². The van der Waals surface area contributed by atoms with Crippen molar-refractivity contribution in [3.05, 3.63) is 29.8 Å². The molecule has 106 valence electrons. The Bertz CT molecular complexity index is 415. The van der Waals surface area contributed by atoms with Crippen molar-refractivity contribution < 1.29 is 4.79 Å². The highest BCUT2D eigenvalue weighted by molar-refractivity contribution is 5.99. The molecule has 1 N–H and O–H groups in total. The maximum absolute atomic E-state index is 12.5. The summed E-state index contributed by atoms with van der Waals surface area (Å²) in [6.45, 7) is 8.39. The Kier molecular flexibility index (Phi) is 5.87. The molecule has 1 aromatic carbocycles. The highest BCUT2D eigenvalue weighted by atomic mass is 16.2. The third-order valence-corrected chi connectivity index (χ3v) is 3.29. The van der Waals surface area contributed by atoms with Crippen LogP contribution in [0.1, 0.15) is 50.9 Å². The van der Waals surface area contributed by atoms with Crippen molar-refractivity contribution in [1.82, 2.24) is 4.90 Å². The first-order chi connectivity index (χ1) is 8.97. The fourth-order valence-corrected chi connectivity index (χ4v) is 2.11. The Morgan fingerprint density at radius 3 is 2.47 bits per heavy atom. The molecule has 0 aliphatic heterocycles. The number of benzene rings is 1. The third-order valence-electron chi connectivity index (χ3n) is 3.29. The van der Waals surface area contributed by atoms with Crippen LogP contribution in [0.25, 0.3) is 0 Å². The average Bonchev–Trinajstić information content (AvgIpc) is 2.37. The van der Waals surface area contributed by atoms with E-state index in [-0.39, 0.29) is 11.9 Å². The molecule has 1 atom stereocenters. The molecule has 3 heteroatoms. The van der Waals surface area contributed by atoms with Gasteiger partial charge in [0.25, 0.3) is 5.91 Å². The molecule has 1 unspecified atom stereocenters. The zero-order chi connectivity index (χ0) is 14.4. The molecule has 19 heavy (non-hydrogen) atoms. The van der Waals surface area contributed by atoms with Gasteiger partial charge >= 0.3 is 0 Å². The lowest BCUT2D eigenvalue weighted by Crippen LogP contribution is -2.35. The predicted octanol–water partition coefficient (Wildman–Crippen LogP) is 3.77. The van der Waals surface area contributed by atoms with Crippen molar-refractivity contribution in [3.8, 4) is 0 Å². The van der Waals surface area contributed by atoms with E-state index in [9.17, 15) is 4.79 Å². The zero-order valence-corrected chi connectivity index (χ0v) is 12.7. The van der Waals surface area contributed by atoms with Crippen LogP contribution in [0, 0.1) is 0 Å². The first-order valence-corrected chi connectivity index (χ1v) is 7.10. The summed E-state index contributed by atoms with van der Waals surface area (Å²) >= 11 is 0. The zero-order valence-electron chi connectivity index (χ0n) is 12.7. The number of carbonyl (C=O) groups excluding carboxylic acids is 1. The van der Waals surface area contributed by atoms with Crippen molar-refractivity contribution in [2.45, 2.75) is 52.6 Å². The molecule has 1 amide bonds. The second-order valence-corrected chi connectivity index (χ2v) is 5.40. The van der Waals surface area contributed by atoms with E-state index < -0.39 is 0 Å². The number of hydrogen-bond donors (Lipinski definition) is 1. The van der Waals surface area contributed by atoms with Gasteiger partial charge in [-0.25, -0.2) is 0 Å². The van der Waals surface area contributed by atoms with Gasteiger partial charge in [0.05, 0.1) is 5.56 Å². The summed E-state index contributed by atoms with van der Waals surface area (Å²) in [6.07, 6.45) is 2.12. The largest absolute Gasteiger partial charge is 0.382 e. The van der Waals surface area contributed by atoms with Crippen LogP contribution in [0.15, 0.2) is 24.3 Å². The lowest BCUT2D eigenvalue weighted by molar-refractivity contribution is 0.0737. The Morgan fingerprint density at radius 1 is 1.26 bits per heavy atom. The van der Waals surface area contributed by atoms with Gasteiger partial charge in [-0.1, -0.05) is 25.5 Å². The van der Waals surface area contributed by atoms with Crippen LogP contribution in [-0.4, -0.2) is 29.9 Å². The smallest absolute Gasteiger partial charge is 0.255 e. The van der Waals surface area contributed by atoms with Gasteiger partial charge in [-0.05, 0) is 39.3 Å². The second-order valence-electron chi connectivity index (χ2n) is 5.40. The van der Waals surface area contributed by atoms with E-state index in [2.05, 4.69) is 33.0 Å². The quantitative estimate of drug-likeness (QED) is 0.846. The van der Waals surface area contributed by atoms with E-state index in [4.69, 9.17) is 0 Å². The van der Waals surface area contributed by atoms with Crippen LogP contribution in [-0.2, 0) is 0 Å². The van der Waals surface area contributed by atoms with Gasteiger partial charge in [0.1, 0.15) is 0 Å². The van der Waals surface area contributed by atoms with Crippen molar-refractivity contribution in [2.24, 2.45) is 0 Å². The number of rotatable bonds is 6. The molecule has 1 rings (SSSR count). The summed E-state index contributed by atoms with van der Waals surface area (Å²) < 4.78 is 0. The molecule has 1 aromatic rings. The van der Waals surface area contributed by atoms with Gasteiger partial charge < -0.3 is 10.2 Å². The lowest BCUT2D eigenvalue weighted by atomic mass is 10.1. The lowest BCUT2D eigenvalue weighted by Gasteiger charge is -2.26. The fraction of sp³-hybridized carbons (Fsp3) is 0.562. The standard InChI is InChI=1S/C16H26N2O/c1-6-9-13(4)18(5)16(19)14-10-7-8-11-15(14)17-12(2)3/h7-8,10-13,17H,6,9H2,1-5H3. The van der Waals surface area contributed by atoms with Crippen LogP contribution >= 0.6 is 0 Å². The van der Waals surface area contributed by atoms with Crippen LogP contribution < -0.4 is 5.32 Å². The molecule has 0 saturated carbocycles. The monoisotopic (exact) mass is 262 g/mol.